The molecule has 0 radical (unpaired) electrons. The third-order valence-corrected chi connectivity index (χ3v) is 5.40. The van der Waals surface area contributed by atoms with E-state index in [-0.39, 0.29) is 5.75 Å². The van der Waals surface area contributed by atoms with E-state index in [1.54, 1.807) is 35.8 Å². The third kappa shape index (κ3) is 2.87. The SMILES string of the molecule is N#Cc1c(/N=C/c2ccc(O)c(Br)c2)sc2c1CCCC2. The fraction of sp³-hybridized carbons (Fsp3) is 0.250. The number of thiophene rings is 1. The van der Waals surface area contributed by atoms with E-state index in [4.69, 9.17) is 0 Å². The summed E-state index contributed by atoms with van der Waals surface area (Å²) in [4.78, 5) is 5.81. The first-order chi connectivity index (χ1) is 10.2. The molecule has 0 atom stereocenters. The van der Waals surface area contributed by atoms with Crippen LogP contribution in [0.3, 0.4) is 0 Å². The maximum absolute atomic E-state index is 9.49. The number of aryl methyl sites for hydroxylation is 1. The summed E-state index contributed by atoms with van der Waals surface area (Å²) in [6.45, 7) is 0. The Morgan fingerprint density at radius 3 is 2.90 bits per heavy atom. The lowest BCUT2D eigenvalue weighted by Gasteiger charge is -2.09. The first kappa shape index (κ1) is 14.3. The van der Waals surface area contributed by atoms with Gasteiger partial charge in [0.05, 0.1) is 10.0 Å². The van der Waals surface area contributed by atoms with Crippen LogP contribution in [-0.4, -0.2) is 11.3 Å². The van der Waals surface area contributed by atoms with E-state index >= 15 is 0 Å². The largest absolute Gasteiger partial charge is 0.507 e. The number of fused-ring (bicyclic) bond motifs is 1. The van der Waals surface area contributed by atoms with Gasteiger partial charge in [0.2, 0.25) is 0 Å². The monoisotopic (exact) mass is 360 g/mol. The molecule has 1 N–H and O–H groups in total. The molecule has 1 aliphatic rings. The molecule has 0 saturated heterocycles. The first-order valence-electron chi connectivity index (χ1n) is 6.76. The van der Waals surface area contributed by atoms with Crippen LogP contribution in [0.15, 0.2) is 27.7 Å². The first-order valence-corrected chi connectivity index (χ1v) is 8.37. The van der Waals surface area contributed by atoms with E-state index in [0.717, 1.165) is 35.4 Å². The average molecular weight is 361 g/mol. The number of nitriles is 1. The summed E-state index contributed by atoms with van der Waals surface area (Å²) in [6, 6.07) is 7.53. The van der Waals surface area contributed by atoms with Gasteiger partial charge in [-0.2, -0.15) is 5.26 Å². The van der Waals surface area contributed by atoms with Crippen LogP contribution in [0, 0.1) is 11.3 Å². The van der Waals surface area contributed by atoms with Gasteiger partial charge in [-0.15, -0.1) is 11.3 Å². The second kappa shape index (κ2) is 6.00. The van der Waals surface area contributed by atoms with Crippen LogP contribution in [0.2, 0.25) is 0 Å². The van der Waals surface area contributed by atoms with Gasteiger partial charge < -0.3 is 5.11 Å². The number of benzene rings is 1. The Hall–Kier alpha value is -1.64. The van der Waals surface area contributed by atoms with Gasteiger partial charge in [-0.1, -0.05) is 0 Å². The van der Waals surface area contributed by atoms with E-state index in [0.29, 0.717) is 4.47 Å². The van der Waals surface area contributed by atoms with Crippen molar-refractivity contribution in [2.45, 2.75) is 25.7 Å². The van der Waals surface area contributed by atoms with Crippen molar-refractivity contribution in [2.75, 3.05) is 0 Å². The minimum Gasteiger partial charge on any atom is -0.507 e. The summed E-state index contributed by atoms with van der Waals surface area (Å²) in [5.41, 5.74) is 2.83. The zero-order valence-corrected chi connectivity index (χ0v) is 13.7. The number of phenols is 1. The highest BCUT2D eigenvalue weighted by molar-refractivity contribution is 9.10. The van der Waals surface area contributed by atoms with Gasteiger partial charge >= 0.3 is 0 Å². The molecule has 3 nitrogen and oxygen atoms in total. The number of aromatic hydroxyl groups is 1. The summed E-state index contributed by atoms with van der Waals surface area (Å²) < 4.78 is 0.637. The normalized spacial score (nSPS) is 14.1. The highest BCUT2D eigenvalue weighted by Crippen LogP contribution is 2.39. The minimum absolute atomic E-state index is 0.205. The van der Waals surface area contributed by atoms with Crippen molar-refractivity contribution in [1.82, 2.24) is 0 Å². The average Bonchev–Trinajstić information content (AvgIpc) is 2.86. The molecule has 0 amide bonds. The Bertz CT molecular complexity index is 758. The number of hydrogen-bond donors (Lipinski definition) is 1. The lowest BCUT2D eigenvalue weighted by atomic mass is 9.96. The Labute approximate surface area is 135 Å². The quantitative estimate of drug-likeness (QED) is 0.787. The molecule has 21 heavy (non-hydrogen) atoms. The Morgan fingerprint density at radius 1 is 1.33 bits per heavy atom. The Kier molecular flexibility index (Phi) is 4.09. The van der Waals surface area contributed by atoms with Gasteiger partial charge in [0, 0.05) is 11.1 Å². The van der Waals surface area contributed by atoms with Gasteiger partial charge in [0.15, 0.2) is 0 Å². The molecule has 1 heterocycles. The fourth-order valence-electron chi connectivity index (χ4n) is 2.49. The number of hydrogen-bond acceptors (Lipinski definition) is 4. The minimum atomic E-state index is 0.205. The van der Waals surface area contributed by atoms with E-state index in [1.165, 1.54) is 16.9 Å². The molecule has 0 bridgehead atoms. The number of halogens is 1. The van der Waals surface area contributed by atoms with Crippen molar-refractivity contribution in [3.63, 3.8) is 0 Å². The van der Waals surface area contributed by atoms with E-state index in [2.05, 4.69) is 27.0 Å². The number of aliphatic imine (C=N–C) groups is 1. The van der Waals surface area contributed by atoms with Crippen LogP contribution in [0.5, 0.6) is 5.75 Å². The van der Waals surface area contributed by atoms with E-state index in [9.17, 15) is 10.4 Å². The highest BCUT2D eigenvalue weighted by atomic mass is 79.9. The molecule has 0 aliphatic heterocycles. The summed E-state index contributed by atoms with van der Waals surface area (Å²) in [7, 11) is 0. The van der Waals surface area contributed by atoms with Crippen LogP contribution in [-0.2, 0) is 12.8 Å². The highest BCUT2D eigenvalue weighted by Gasteiger charge is 2.20. The lowest BCUT2D eigenvalue weighted by Crippen LogP contribution is -1.99. The molecular formula is C16H13BrN2OS. The van der Waals surface area contributed by atoms with Crippen molar-refractivity contribution < 1.29 is 5.11 Å². The van der Waals surface area contributed by atoms with Crippen LogP contribution in [0.4, 0.5) is 5.00 Å². The fourth-order valence-corrected chi connectivity index (χ4v) is 4.07. The second-order valence-electron chi connectivity index (χ2n) is 4.97. The van der Waals surface area contributed by atoms with E-state index < -0.39 is 0 Å². The summed E-state index contributed by atoms with van der Waals surface area (Å²) in [6.07, 6.45) is 6.16. The molecular weight excluding hydrogens is 348 g/mol. The molecule has 0 unspecified atom stereocenters. The zero-order chi connectivity index (χ0) is 14.8. The standard InChI is InChI=1S/C16H13BrN2OS/c17-13-7-10(5-6-14(13)20)9-19-16-12(8-18)11-3-1-2-4-15(11)21-16/h5-7,9,20H,1-4H2/b19-9+. The maximum atomic E-state index is 9.49. The van der Waals surface area contributed by atoms with Crippen molar-refractivity contribution in [2.24, 2.45) is 4.99 Å². The van der Waals surface area contributed by atoms with Crippen LogP contribution in [0.25, 0.3) is 0 Å². The smallest absolute Gasteiger partial charge is 0.134 e. The number of rotatable bonds is 2. The molecule has 1 aliphatic carbocycles. The van der Waals surface area contributed by atoms with Crippen molar-refractivity contribution in [3.8, 4) is 11.8 Å². The van der Waals surface area contributed by atoms with Crippen LogP contribution in [0.1, 0.15) is 34.4 Å². The topological polar surface area (TPSA) is 56.4 Å². The molecule has 0 saturated carbocycles. The summed E-state index contributed by atoms with van der Waals surface area (Å²) >= 11 is 4.92. The van der Waals surface area contributed by atoms with Gasteiger partial charge in [-0.05, 0) is 70.9 Å². The van der Waals surface area contributed by atoms with E-state index in [1.807, 2.05) is 0 Å². The van der Waals surface area contributed by atoms with Gasteiger partial charge in [-0.3, -0.25) is 0 Å². The Balaban J connectivity index is 1.94. The number of phenolic OH excluding ortho intramolecular Hbond substituents is 1. The third-order valence-electron chi connectivity index (χ3n) is 3.57. The molecule has 0 spiro atoms. The second-order valence-corrected chi connectivity index (χ2v) is 6.91. The molecule has 5 heteroatoms. The molecule has 0 fully saturated rings. The molecule has 106 valence electrons. The predicted octanol–water partition coefficient (Wildman–Crippen LogP) is 4.72. The van der Waals surface area contributed by atoms with Crippen molar-refractivity contribution >= 4 is 38.5 Å². The predicted molar refractivity (Wildman–Crippen MR) is 88.7 cm³/mol. The molecule has 1 aromatic carbocycles. The molecule has 1 aromatic heterocycles. The molecule has 2 aromatic rings. The van der Waals surface area contributed by atoms with Crippen molar-refractivity contribution in [1.29, 1.82) is 5.26 Å². The van der Waals surface area contributed by atoms with Gasteiger partial charge in [0.25, 0.3) is 0 Å². The lowest BCUT2D eigenvalue weighted by molar-refractivity contribution is 0.472. The van der Waals surface area contributed by atoms with Crippen LogP contribution >= 0.6 is 27.3 Å². The van der Waals surface area contributed by atoms with Gasteiger partial charge in [-0.25, -0.2) is 4.99 Å². The zero-order valence-electron chi connectivity index (χ0n) is 11.3. The maximum Gasteiger partial charge on any atom is 0.134 e. The molecule has 3 rings (SSSR count). The van der Waals surface area contributed by atoms with Crippen molar-refractivity contribution in [3.05, 3.63) is 44.2 Å². The summed E-state index contributed by atoms with van der Waals surface area (Å²) in [5, 5.41) is 19.7. The summed E-state index contributed by atoms with van der Waals surface area (Å²) in [5.74, 6) is 0.205. The van der Waals surface area contributed by atoms with Gasteiger partial charge in [0.1, 0.15) is 16.8 Å². The van der Waals surface area contributed by atoms with Crippen LogP contribution < -0.4 is 0 Å². The Morgan fingerprint density at radius 2 is 2.14 bits per heavy atom. The number of nitrogens with zero attached hydrogens (tertiary/aromatic N) is 2.